The van der Waals surface area contributed by atoms with Crippen LogP contribution in [0.1, 0.15) is 31.9 Å². The van der Waals surface area contributed by atoms with Crippen LogP contribution < -0.4 is 21.1 Å². The zero-order valence-corrected chi connectivity index (χ0v) is 15.5. The number of nitrogen functional groups attached to an aromatic ring is 1. The van der Waals surface area contributed by atoms with Crippen LogP contribution in [0.5, 0.6) is 11.5 Å². The van der Waals surface area contributed by atoms with Crippen LogP contribution in [0, 0.1) is 5.82 Å². The Bertz CT molecular complexity index is 740. The summed E-state index contributed by atoms with van der Waals surface area (Å²) in [5, 5.41) is 6.10. The van der Waals surface area contributed by atoms with E-state index in [-0.39, 0.29) is 22.9 Å². The Morgan fingerprint density at radius 2 is 1.96 bits per heavy atom. The molecule has 0 aliphatic heterocycles. The molecule has 4 N–H and O–H groups in total. The first-order valence-electron chi connectivity index (χ1n) is 8.40. The van der Waals surface area contributed by atoms with Gasteiger partial charge >= 0.3 is 0 Å². The minimum absolute atomic E-state index is 0.0205. The van der Waals surface area contributed by atoms with Crippen molar-refractivity contribution in [1.82, 2.24) is 10.6 Å². The zero-order chi connectivity index (χ0) is 19.1. The fraction of sp³-hybridized carbons (Fsp3) is 0.316. The number of hydrogen-bond donors (Lipinski definition) is 3. The highest BCUT2D eigenvalue weighted by Gasteiger charge is 2.21. The average Bonchev–Trinajstić information content (AvgIpc) is 2.63. The summed E-state index contributed by atoms with van der Waals surface area (Å²) >= 11 is 6.15. The van der Waals surface area contributed by atoms with E-state index in [9.17, 15) is 4.79 Å². The summed E-state index contributed by atoms with van der Waals surface area (Å²) in [4.78, 5) is 10.4. The van der Waals surface area contributed by atoms with Crippen molar-refractivity contribution < 1.29 is 13.9 Å². The lowest BCUT2D eigenvalue weighted by molar-refractivity contribution is -0.109. The highest BCUT2D eigenvalue weighted by Crippen LogP contribution is 2.36. The van der Waals surface area contributed by atoms with Crippen LogP contribution in [0.3, 0.4) is 0 Å². The molecule has 2 atom stereocenters. The predicted molar refractivity (Wildman–Crippen MR) is 102 cm³/mol. The molecule has 2 aromatic carbocycles. The Morgan fingerprint density at radius 1 is 1.27 bits per heavy atom. The largest absolute Gasteiger partial charge is 0.453 e. The van der Waals surface area contributed by atoms with Crippen molar-refractivity contribution in [2.75, 3.05) is 12.3 Å². The van der Waals surface area contributed by atoms with Gasteiger partial charge in [0.1, 0.15) is 5.75 Å². The van der Waals surface area contributed by atoms with Crippen molar-refractivity contribution in [3.05, 3.63) is 52.8 Å². The number of halogens is 2. The SMILES string of the molecule is CC[C@@H](N[C@@H](C)CNC=O)c1ccc(Cl)c(Oc2ccc(N)cc2)c1F. The number of rotatable bonds is 9. The summed E-state index contributed by atoms with van der Waals surface area (Å²) in [5.41, 5.74) is 6.70. The number of ether oxygens (including phenoxy) is 1. The van der Waals surface area contributed by atoms with Gasteiger partial charge in [-0.1, -0.05) is 24.6 Å². The molecule has 0 fully saturated rings. The minimum atomic E-state index is -0.510. The predicted octanol–water partition coefficient (Wildman–Crippen LogP) is 4.03. The second-order valence-electron chi connectivity index (χ2n) is 6.01. The maximum absolute atomic E-state index is 15.1. The summed E-state index contributed by atoms with van der Waals surface area (Å²) in [7, 11) is 0. The Labute approximate surface area is 157 Å². The van der Waals surface area contributed by atoms with E-state index in [0.717, 1.165) is 0 Å². The Morgan fingerprint density at radius 3 is 2.58 bits per heavy atom. The van der Waals surface area contributed by atoms with Gasteiger partial charge in [0.05, 0.1) is 5.02 Å². The third-order valence-electron chi connectivity index (χ3n) is 3.96. The third-order valence-corrected chi connectivity index (χ3v) is 4.25. The van der Waals surface area contributed by atoms with Gasteiger partial charge in [-0.3, -0.25) is 4.79 Å². The van der Waals surface area contributed by atoms with Crippen molar-refractivity contribution in [2.24, 2.45) is 0 Å². The van der Waals surface area contributed by atoms with Gasteiger partial charge in [-0.25, -0.2) is 4.39 Å². The molecule has 2 rings (SSSR count). The summed E-state index contributed by atoms with van der Waals surface area (Å²) in [6.07, 6.45) is 1.30. The number of nitrogens with one attached hydrogen (secondary N) is 2. The van der Waals surface area contributed by atoms with Gasteiger partial charge in [0, 0.05) is 29.9 Å². The first kappa shape index (κ1) is 20.0. The first-order valence-corrected chi connectivity index (χ1v) is 8.78. The molecule has 0 aliphatic rings. The van der Waals surface area contributed by atoms with E-state index in [1.165, 1.54) is 0 Å². The van der Waals surface area contributed by atoms with E-state index < -0.39 is 5.82 Å². The Hall–Kier alpha value is -2.31. The van der Waals surface area contributed by atoms with Gasteiger partial charge in [-0.2, -0.15) is 0 Å². The van der Waals surface area contributed by atoms with E-state index in [1.54, 1.807) is 36.4 Å². The third kappa shape index (κ3) is 5.09. The number of anilines is 1. The minimum Gasteiger partial charge on any atom is -0.453 e. The second-order valence-corrected chi connectivity index (χ2v) is 6.41. The van der Waals surface area contributed by atoms with Gasteiger partial charge in [0.25, 0.3) is 0 Å². The molecule has 0 aromatic heterocycles. The van der Waals surface area contributed by atoms with E-state index in [0.29, 0.717) is 36.4 Å². The van der Waals surface area contributed by atoms with Crippen LogP contribution >= 0.6 is 11.6 Å². The van der Waals surface area contributed by atoms with E-state index in [2.05, 4.69) is 10.6 Å². The van der Waals surface area contributed by atoms with Crippen LogP contribution in [0.15, 0.2) is 36.4 Å². The standard InChI is InChI=1S/C19H23ClFN3O2/c1-3-17(24-12(2)10-23-11-25)15-8-9-16(20)19(18(15)21)26-14-6-4-13(22)5-7-14/h4-9,11-12,17,24H,3,10,22H2,1-2H3,(H,23,25)/t12-,17+/m0/s1. The average molecular weight is 380 g/mol. The molecular formula is C19H23ClFN3O2. The van der Waals surface area contributed by atoms with Gasteiger partial charge in [-0.15, -0.1) is 0 Å². The molecule has 0 heterocycles. The Balaban J connectivity index is 2.25. The normalized spacial score (nSPS) is 13.1. The van der Waals surface area contributed by atoms with Crippen LogP contribution in [0.2, 0.25) is 5.02 Å². The molecule has 0 saturated carbocycles. The lowest BCUT2D eigenvalue weighted by Gasteiger charge is -2.24. The molecule has 0 radical (unpaired) electrons. The highest BCUT2D eigenvalue weighted by atomic mass is 35.5. The molecule has 0 bridgehead atoms. The van der Waals surface area contributed by atoms with E-state index in [1.807, 2.05) is 13.8 Å². The smallest absolute Gasteiger partial charge is 0.207 e. The molecule has 2 aromatic rings. The van der Waals surface area contributed by atoms with Crippen molar-refractivity contribution in [2.45, 2.75) is 32.4 Å². The molecular weight excluding hydrogens is 357 g/mol. The summed E-state index contributed by atoms with van der Waals surface area (Å²) in [6.45, 7) is 4.31. The van der Waals surface area contributed by atoms with Gasteiger partial charge < -0.3 is 21.1 Å². The van der Waals surface area contributed by atoms with Crippen LogP contribution in [0.4, 0.5) is 10.1 Å². The van der Waals surface area contributed by atoms with Gasteiger partial charge in [-0.05, 0) is 43.7 Å². The number of amides is 1. The van der Waals surface area contributed by atoms with E-state index in [4.69, 9.17) is 22.1 Å². The molecule has 140 valence electrons. The summed E-state index contributed by atoms with van der Waals surface area (Å²) in [5.74, 6) is -0.0845. The topological polar surface area (TPSA) is 76.4 Å². The first-order chi connectivity index (χ1) is 12.5. The van der Waals surface area contributed by atoms with Crippen molar-refractivity contribution >= 4 is 23.7 Å². The number of benzene rings is 2. The van der Waals surface area contributed by atoms with E-state index >= 15 is 4.39 Å². The maximum atomic E-state index is 15.1. The molecule has 1 amide bonds. The number of carbonyl (C=O) groups excluding carboxylic acids is 1. The maximum Gasteiger partial charge on any atom is 0.207 e. The lowest BCUT2D eigenvalue weighted by atomic mass is 10.0. The fourth-order valence-corrected chi connectivity index (χ4v) is 2.80. The van der Waals surface area contributed by atoms with Crippen LogP contribution in [0.25, 0.3) is 0 Å². The lowest BCUT2D eigenvalue weighted by Crippen LogP contribution is -2.38. The quantitative estimate of drug-likeness (QED) is 0.454. The zero-order valence-electron chi connectivity index (χ0n) is 14.8. The molecule has 5 nitrogen and oxygen atoms in total. The molecule has 0 aliphatic carbocycles. The van der Waals surface area contributed by atoms with Crippen molar-refractivity contribution in [1.29, 1.82) is 0 Å². The monoisotopic (exact) mass is 379 g/mol. The molecule has 0 saturated heterocycles. The summed E-state index contributed by atoms with van der Waals surface area (Å²) in [6, 6.07) is 9.64. The number of carbonyl (C=O) groups is 1. The van der Waals surface area contributed by atoms with Crippen molar-refractivity contribution in [3.8, 4) is 11.5 Å². The number of hydrogen-bond acceptors (Lipinski definition) is 4. The molecule has 7 heteroatoms. The Kier molecular flexibility index (Phi) is 7.24. The molecule has 0 unspecified atom stereocenters. The summed E-state index contributed by atoms with van der Waals surface area (Å²) < 4.78 is 20.7. The van der Waals surface area contributed by atoms with Gasteiger partial charge in [0.15, 0.2) is 11.6 Å². The van der Waals surface area contributed by atoms with Crippen LogP contribution in [-0.2, 0) is 4.79 Å². The van der Waals surface area contributed by atoms with Crippen molar-refractivity contribution in [3.63, 3.8) is 0 Å². The second kappa shape index (κ2) is 9.40. The number of nitrogens with two attached hydrogens (primary N) is 1. The van der Waals surface area contributed by atoms with Gasteiger partial charge in [0.2, 0.25) is 6.41 Å². The highest BCUT2D eigenvalue weighted by molar-refractivity contribution is 6.32. The van der Waals surface area contributed by atoms with Crippen LogP contribution in [-0.4, -0.2) is 19.0 Å². The molecule has 0 spiro atoms. The molecule has 26 heavy (non-hydrogen) atoms. The fourth-order valence-electron chi connectivity index (χ4n) is 2.62.